The molecule has 0 heterocycles. The number of hydrogen-bond acceptors (Lipinski definition) is 1. The minimum atomic E-state index is 0.778. The van der Waals surface area contributed by atoms with Gasteiger partial charge in [-0.05, 0) is 11.4 Å². The average molecular weight is 115 g/mol. The van der Waals surface area contributed by atoms with Crippen LogP contribution in [0.1, 0.15) is 13.3 Å². The number of thioether (sulfide) groups is 1. The fourth-order valence-corrected chi connectivity index (χ4v) is 1.14. The maximum Gasteiger partial charge on any atom is 0.123 e. The van der Waals surface area contributed by atoms with Gasteiger partial charge in [-0.3, -0.25) is 0 Å². The van der Waals surface area contributed by atoms with Crippen LogP contribution in [0, 0.1) is 0 Å². The molecule has 0 fully saturated rings. The van der Waals surface area contributed by atoms with Crippen LogP contribution in [-0.2, 0) is 0 Å². The Bertz CT molecular complexity index is 29.6. The molecule has 0 spiro atoms. The molecule has 0 nitrogen and oxygen atoms in total. The van der Waals surface area contributed by atoms with Gasteiger partial charge in [0.1, 0.15) is 7.28 Å². The zero-order valence-corrected chi connectivity index (χ0v) is 6.09. The molecule has 1 radical (unpaired) electrons. The highest BCUT2D eigenvalue weighted by Crippen LogP contribution is 2.07. The zero-order valence-electron chi connectivity index (χ0n) is 5.27. The van der Waals surface area contributed by atoms with E-state index < -0.39 is 0 Å². The molecule has 2 heteroatoms. The lowest BCUT2D eigenvalue weighted by molar-refractivity contribution is 1.04. The smallest absolute Gasteiger partial charge is 0.123 e. The third kappa shape index (κ3) is 3.04. The van der Waals surface area contributed by atoms with Crippen molar-refractivity contribution >= 4 is 19.0 Å². The van der Waals surface area contributed by atoms with E-state index in [1.807, 2.05) is 11.8 Å². The van der Waals surface area contributed by atoms with Crippen LogP contribution in [-0.4, -0.2) is 18.7 Å². The van der Waals surface area contributed by atoms with Crippen LogP contribution >= 0.6 is 11.8 Å². The minimum absolute atomic E-state index is 0.778. The molecule has 0 aliphatic heterocycles. The van der Waals surface area contributed by atoms with E-state index in [2.05, 4.69) is 27.3 Å². The van der Waals surface area contributed by atoms with E-state index in [1.54, 1.807) is 0 Å². The molecule has 0 unspecified atom stereocenters. The Labute approximate surface area is 51.3 Å². The minimum Gasteiger partial charge on any atom is -0.171 e. The van der Waals surface area contributed by atoms with Crippen LogP contribution in [0.3, 0.4) is 0 Å². The van der Waals surface area contributed by atoms with E-state index in [1.165, 1.54) is 6.42 Å². The van der Waals surface area contributed by atoms with E-state index in [9.17, 15) is 0 Å². The first-order chi connectivity index (χ1) is 3.35. The van der Waals surface area contributed by atoms with Crippen LogP contribution in [0.4, 0.5) is 0 Å². The second-order valence-corrected chi connectivity index (χ2v) is 2.59. The zero-order chi connectivity index (χ0) is 5.70. The molecule has 0 aromatic heterocycles. The lowest BCUT2D eigenvalue weighted by atomic mass is 9.76. The summed E-state index contributed by atoms with van der Waals surface area (Å²) in [5, 5.41) is 0.778. The summed E-state index contributed by atoms with van der Waals surface area (Å²) in [6.45, 7) is 4.33. The monoisotopic (exact) mass is 115 g/mol. The highest BCUT2D eigenvalue weighted by atomic mass is 32.2. The van der Waals surface area contributed by atoms with Crippen molar-refractivity contribution in [2.45, 2.75) is 25.3 Å². The first kappa shape index (κ1) is 7.41. The van der Waals surface area contributed by atoms with E-state index in [4.69, 9.17) is 0 Å². The fourth-order valence-electron chi connectivity index (χ4n) is 0.538. The molecular weight excluding hydrogens is 103 g/mol. The summed E-state index contributed by atoms with van der Waals surface area (Å²) < 4.78 is 0. The van der Waals surface area contributed by atoms with Gasteiger partial charge in [-0.25, -0.2) is 0 Å². The summed E-state index contributed by atoms with van der Waals surface area (Å²) in [4.78, 5) is 0. The molecule has 1 atom stereocenters. The van der Waals surface area contributed by atoms with Crippen LogP contribution in [0.15, 0.2) is 0 Å². The van der Waals surface area contributed by atoms with Crippen molar-refractivity contribution in [3.63, 3.8) is 0 Å². The molecule has 0 saturated carbocycles. The summed E-state index contributed by atoms with van der Waals surface area (Å²) >= 11 is 1.91. The van der Waals surface area contributed by atoms with Gasteiger partial charge < -0.3 is 0 Å². The summed E-state index contributed by atoms with van der Waals surface area (Å²) in [5.74, 6) is 0. The lowest BCUT2D eigenvalue weighted by Gasteiger charge is -2.04. The molecule has 0 amide bonds. The number of rotatable bonds is 3. The van der Waals surface area contributed by atoms with Crippen molar-refractivity contribution in [2.24, 2.45) is 0 Å². The fraction of sp³-hybridized carbons (Fsp3) is 1.00. The Morgan fingerprint density at radius 1 is 1.71 bits per heavy atom. The van der Waals surface area contributed by atoms with Gasteiger partial charge in [0.25, 0.3) is 0 Å². The second-order valence-electron chi connectivity index (χ2n) is 1.52. The average Bonchev–Trinajstić information content (AvgIpc) is 1.72. The van der Waals surface area contributed by atoms with Gasteiger partial charge in [0.2, 0.25) is 0 Å². The van der Waals surface area contributed by atoms with Gasteiger partial charge >= 0.3 is 0 Å². The van der Waals surface area contributed by atoms with E-state index in [0.29, 0.717) is 0 Å². The highest BCUT2D eigenvalue weighted by Gasteiger charge is 1.97. The third-order valence-corrected chi connectivity index (χ3v) is 2.29. The van der Waals surface area contributed by atoms with E-state index in [-0.39, 0.29) is 0 Å². The predicted octanol–water partition coefficient (Wildman–Crippen LogP) is 1.84. The molecule has 0 saturated heterocycles. The molecule has 0 aromatic rings. The molecule has 0 aliphatic carbocycles. The molecule has 0 N–H and O–H groups in total. The van der Waals surface area contributed by atoms with E-state index >= 15 is 0 Å². The number of hydrogen-bond donors (Lipinski definition) is 0. The largest absolute Gasteiger partial charge is 0.171 e. The SMILES string of the molecule is C[B][C@@H](CC)SC. The Morgan fingerprint density at radius 3 is 2.29 bits per heavy atom. The van der Waals surface area contributed by atoms with Crippen LogP contribution in [0.25, 0.3) is 0 Å². The molecule has 0 aromatic carbocycles. The second kappa shape index (κ2) is 4.57. The predicted molar refractivity (Wildman–Crippen MR) is 39.2 cm³/mol. The standard InChI is InChI=1S/C5H12BS/c1-4-5(6-2)7-3/h5H,4H2,1-3H3/t5-/m1/s1. The Morgan fingerprint density at radius 2 is 2.29 bits per heavy atom. The van der Waals surface area contributed by atoms with E-state index in [0.717, 1.165) is 5.15 Å². The molecular formula is C5H12BS. The Kier molecular flexibility index (Phi) is 4.84. The third-order valence-electron chi connectivity index (χ3n) is 1.08. The summed E-state index contributed by atoms with van der Waals surface area (Å²) in [6.07, 6.45) is 3.41. The van der Waals surface area contributed by atoms with Gasteiger partial charge in [-0.1, -0.05) is 20.2 Å². The quantitative estimate of drug-likeness (QED) is 0.505. The van der Waals surface area contributed by atoms with Crippen molar-refractivity contribution < 1.29 is 0 Å². The van der Waals surface area contributed by atoms with Crippen molar-refractivity contribution in [2.75, 3.05) is 6.26 Å². The Balaban J connectivity index is 2.99. The summed E-state index contributed by atoms with van der Waals surface area (Å²) in [6, 6.07) is 0. The highest BCUT2D eigenvalue weighted by molar-refractivity contribution is 8.00. The van der Waals surface area contributed by atoms with Crippen molar-refractivity contribution in [3.8, 4) is 0 Å². The molecule has 0 bridgehead atoms. The van der Waals surface area contributed by atoms with Crippen LogP contribution in [0.2, 0.25) is 6.82 Å². The van der Waals surface area contributed by atoms with Crippen LogP contribution < -0.4 is 0 Å². The van der Waals surface area contributed by atoms with Crippen molar-refractivity contribution in [1.29, 1.82) is 0 Å². The molecule has 0 aliphatic rings. The lowest BCUT2D eigenvalue weighted by Crippen LogP contribution is -2.05. The van der Waals surface area contributed by atoms with Gasteiger partial charge in [-0.15, -0.1) is 0 Å². The van der Waals surface area contributed by atoms with Crippen LogP contribution in [0.5, 0.6) is 0 Å². The topological polar surface area (TPSA) is 0 Å². The van der Waals surface area contributed by atoms with Gasteiger partial charge in [-0.2, -0.15) is 11.8 Å². The van der Waals surface area contributed by atoms with Gasteiger partial charge in [0, 0.05) is 0 Å². The summed E-state index contributed by atoms with van der Waals surface area (Å²) in [7, 11) is 2.24. The maximum atomic E-state index is 2.24. The molecule has 41 valence electrons. The normalized spacial score (nSPS) is 13.6. The van der Waals surface area contributed by atoms with Crippen molar-refractivity contribution in [3.05, 3.63) is 0 Å². The first-order valence-corrected chi connectivity index (χ1v) is 3.96. The first-order valence-electron chi connectivity index (χ1n) is 2.67. The molecule has 0 rings (SSSR count). The Hall–Kier alpha value is 0.415. The summed E-state index contributed by atoms with van der Waals surface area (Å²) in [5.41, 5.74) is 0. The van der Waals surface area contributed by atoms with Crippen molar-refractivity contribution in [1.82, 2.24) is 0 Å². The molecule has 7 heavy (non-hydrogen) atoms. The van der Waals surface area contributed by atoms with Gasteiger partial charge in [0.15, 0.2) is 0 Å². The van der Waals surface area contributed by atoms with Gasteiger partial charge in [0.05, 0.1) is 0 Å². The maximum absolute atomic E-state index is 2.24.